The van der Waals surface area contributed by atoms with Gasteiger partial charge < -0.3 is 10.2 Å². The van der Waals surface area contributed by atoms with E-state index in [0.29, 0.717) is 0 Å². The molecular weight excluding hydrogens is 196 g/mol. The van der Waals surface area contributed by atoms with Gasteiger partial charge in [-0.15, -0.1) is 0 Å². The molecule has 94 valence electrons. The molecule has 2 heteroatoms. The summed E-state index contributed by atoms with van der Waals surface area (Å²) in [6, 6.07) is 0.839. The molecule has 0 aromatic carbocycles. The van der Waals surface area contributed by atoms with Crippen LogP contribution in [0.3, 0.4) is 0 Å². The van der Waals surface area contributed by atoms with Crippen LogP contribution in [0.25, 0.3) is 0 Å². The molecule has 2 aliphatic heterocycles. The van der Waals surface area contributed by atoms with Crippen molar-refractivity contribution in [2.45, 2.75) is 57.9 Å². The van der Waals surface area contributed by atoms with E-state index in [2.05, 4.69) is 17.1 Å². The largest absolute Gasteiger partial charge is 0.314 e. The second-order valence-corrected chi connectivity index (χ2v) is 5.81. The predicted molar refractivity (Wildman–Crippen MR) is 69.7 cm³/mol. The average Bonchev–Trinajstić information content (AvgIpc) is 2.70. The molecule has 16 heavy (non-hydrogen) atoms. The highest BCUT2D eigenvalue weighted by atomic mass is 15.1. The molecule has 0 aromatic heterocycles. The van der Waals surface area contributed by atoms with Gasteiger partial charge in [-0.1, -0.05) is 6.92 Å². The van der Waals surface area contributed by atoms with Crippen molar-refractivity contribution in [3.05, 3.63) is 0 Å². The summed E-state index contributed by atoms with van der Waals surface area (Å²) in [4.78, 5) is 2.69. The third-order valence-electron chi connectivity index (χ3n) is 4.30. The first-order chi connectivity index (χ1) is 7.84. The van der Waals surface area contributed by atoms with Crippen LogP contribution in [0.15, 0.2) is 0 Å². The summed E-state index contributed by atoms with van der Waals surface area (Å²) in [5, 5.41) is 3.60. The molecule has 2 unspecified atom stereocenters. The van der Waals surface area contributed by atoms with Crippen LogP contribution in [0.1, 0.15) is 51.9 Å². The van der Waals surface area contributed by atoms with E-state index in [0.717, 1.165) is 12.0 Å². The van der Waals surface area contributed by atoms with Crippen LogP contribution >= 0.6 is 0 Å². The molecule has 2 fully saturated rings. The molecule has 2 rings (SSSR count). The molecule has 0 aliphatic carbocycles. The smallest absolute Gasteiger partial charge is 0.00680 e. The molecule has 0 amide bonds. The van der Waals surface area contributed by atoms with E-state index in [4.69, 9.17) is 0 Å². The van der Waals surface area contributed by atoms with Crippen molar-refractivity contribution in [1.29, 1.82) is 0 Å². The lowest BCUT2D eigenvalue weighted by Gasteiger charge is -2.20. The van der Waals surface area contributed by atoms with Crippen molar-refractivity contribution < 1.29 is 0 Å². The van der Waals surface area contributed by atoms with Gasteiger partial charge in [-0.05, 0) is 77.0 Å². The summed E-state index contributed by atoms with van der Waals surface area (Å²) in [5.74, 6) is 0.960. The Morgan fingerprint density at radius 1 is 1.12 bits per heavy atom. The van der Waals surface area contributed by atoms with Gasteiger partial charge in [-0.25, -0.2) is 0 Å². The lowest BCUT2D eigenvalue weighted by Crippen LogP contribution is -2.28. The molecule has 2 atom stereocenters. The van der Waals surface area contributed by atoms with Crippen LogP contribution in [-0.4, -0.2) is 37.1 Å². The van der Waals surface area contributed by atoms with Crippen LogP contribution in [0.2, 0.25) is 0 Å². The molecule has 0 aromatic rings. The number of hydrogen-bond donors (Lipinski definition) is 1. The minimum atomic E-state index is 0.839. The summed E-state index contributed by atoms with van der Waals surface area (Å²) in [6.45, 7) is 7.70. The molecule has 2 saturated heterocycles. The molecule has 1 N–H and O–H groups in total. The molecule has 2 aliphatic rings. The second-order valence-electron chi connectivity index (χ2n) is 5.81. The fourth-order valence-electron chi connectivity index (χ4n) is 3.11. The van der Waals surface area contributed by atoms with E-state index in [1.807, 2.05) is 0 Å². The zero-order valence-electron chi connectivity index (χ0n) is 10.9. The summed E-state index contributed by atoms with van der Waals surface area (Å²) < 4.78 is 0. The van der Waals surface area contributed by atoms with Gasteiger partial charge in [0.2, 0.25) is 0 Å². The monoisotopic (exact) mass is 224 g/mol. The van der Waals surface area contributed by atoms with Gasteiger partial charge in [-0.2, -0.15) is 0 Å². The molecule has 0 radical (unpaired) electrons. The Hall–Kier alpha value is -0.0800. The van der Waals surface area contributed by atoms with Crippen molar-refractivity contribution in [1.82, 2.24) is 10.2 Å². The Balaban J connectivity index is 1.57. The first-order valence-corrected chi connectivity index (χ1v) is 7.30. The first-order valence-electron chi connectivity index (χ1n) is 7.30. The maximum absolute atomic E-state index is 3.60. The summed E-state index contributed by atoms with van der Waals surface area (Å²) >= 11 is 0. The normalized spacial score (nSPS) is 32.8. The minimum Gasteiger partial charge on any atom is -0.314 e. The van der Waals surface area contributed by atoms with Crippen molar-refractivity contribution in [2.75, 3.05) is 26.2 Å². The van der Waals surface area contributed by atoms with Crippen LogP contribution in [0, 0.1) is 5.92 Å². The Morgan fingerprint density at radius 3 is 2.88 bits per heavy atom. The molecule has 0 saturated carbocycles. The van der Waals surface area contributed by atoms with Crippen LogP contribution in [-0.2, 0) is 0 Å². The highest BCUT2D eigenvalue weighted by molar-refractivity contribution is 4.75. The molecule has 2 heterocycles. The summed E-state index contributed by atoms with van der Waals surface area (Å²) in [5.41, 5.74) is 0. The standard InChI is InChI=1S/C14H28N2/c1-13-5-3-10-16(12-8-13)11-4-7-14-6-2-9-15-14/h13-15H,2-12H2,1H3. The second kappa shape index (κ2) is 6.61. The van der Waals surface area contributed by atoms with E-state index in [-0.39, 0.29) is 0 Å². The maximum Gasteiger partial charge on any atom is 0.00680 e. The van der Waals surface area contributed by atoms with Gasteiger partial charge in [-0.3, -0.25) is 0 Å². The van der Waals surface area contributed by atoms with Crippen LogP contribution in [0.4, 0.5) is 0 Å². The van der Waals surface area contributed by atoms with Crippen molar-refractivity contribution in [3.63, 3.8) is 0 Å². The lowest BCUT2D eigenvalue weighted by atomic mass is 10.0. The Labute approximate surface area is 101 Å². The first kappa shape index (κ1) is 12.4. The fraction of sp³-hybridized carbons (Fsp3) is 1.00. The van der Waals surface area contributed by atoms with Crippen LogP contribution < -0.4 is 5.32 Å². The number of rotatable bonds is 4. The quantitative estimate of drug-likeness (QED) is 0.790. The van der Waals surface area contributed by atoms with Gasteiger partial charge >= 0.3 is 0 Å². The highest BCUT2D eigenvalue weighted by Gasteiger charge is 2.16. The van der Waals surface area contributed by atoms with E-state index >= 15 is 0 Å². The van der Waals surface area contributed by atoms with E-state index < -0.39 is 0 Å². The molecule has 0 spiro atoms. The summed E-state index contributed by atoms with van der Waals surface area (Å²) in [7, 11) is 0. The average molecular weight is 224 g/mol. The molecular formula is C14H28N2. The Bertz CT molecular complexity index is 187. The third-order valence-corrected chi connectivity index (χ3v) is 4.30. The molecule has 0 bridgehead atoms. The molecule has 2 nitrogen and oxygen atoms in total. The van der Waals surface area contributed by atoms with Gasteiger partial charge in [0, 0.05) is 6.04 Å². The van der Waals surface area contributed by atoms with Gasteiger partial charge in [0.25, 0.3) is 0 Å². The number of hydrogen-bond acceptors (Lipinski definition) is 2. The number of nitrogens with one attached hydrogen (secondary N) is 1. The lowest BCUT2D eigenvalue weighted by molar-refractivity contribution is 0.271. The van der Waals surface area contributed by atoms with E-state index in [1.54, 1.807) is 0 Å². The minimum absolute atomic E-state index is 0.839. The van der Waals surface area contributed by atoms with Gasteiger partial charge in [0.15, 0.2) is 0 Å². The SMILES string of the molecule is CC1CCCN(CCCC2CCCN2)CC1. The van der Waals surface area contributed by atoms with Gasteiger partial charge in [0.05, 0.1) is 0 Å². The van der Waals surface area contributed by atoms with Gasteiger partial charge in [0.1, 0.15) is 0 Å². The fourth-order valence-corrected chi connectivity index (χ4v) is 3.11. The van der Waals surface area contributed by atoms with Crippen molar-refractivity contribution in [3.8, 4) is 0 Å². The zero-order valence-corrected chi connectivity index (χ0v) is 10.9. The third kappa shape index (κ3) is 4.06. The predicted octanol–water partition coefficient (Wildman–Crippen LogP) is 2.64. The summed E-state index contributed by atoms with van der Waals surface area (Å²) in [6.07, 6.45) is 9.88. The Kier molecular flexibility index (Phi) is 5.11. The zero-order chi connectivity index (χ0) is 11.2. The van der Waals surface area contributed by atoms with Crippen molar-refractivity contribution in [2.24, 2.45) is 5.92 Å². The highest BCUT2D eigenvalue weighted by Crippen LogP contribution is 2.17. The van der Waals surface area contributed by atoms with Crippen molar-refractivity contribution >= 4 is 0 Å². The van der Waals surface area contributed by atoms with E-state index in [1.165, 1.54) is 71.1 Å². The number of likely N-dealkylation sites (tertiary alicyclic amines) is 1. The maximum atomic E-state index is 3.60. The topological polar surface area (TPSA) is 15.3 Å². The number of nitrogens with zero attached hydrogens (tertiary/aromatic N) is 1. The Morgan fingerprint density at radius 2 is 2.06 bits per heavy atom. The van der Waals surface area contributed by atoms with Crippen LogP contribution in [0.5, 0.6) is 0 Å². The van der Waals surface area contributed by atoms with E-state index in [9.17, 15) is 0 Å².